The van der Waals surface area contributed by atoms with E-state index in [2.05, 4.69) is 17.2 Å². The van der Waals surface area contributed by atoms with Crippen LogP contribution in [0, 0.1) is 0 Å². The van der Waals surface area contributed by atoms with E-state index in [0.29, 0.717) is 29.9 Å². The predicted molar refractivity (Wildman–Crippen MR) is 145 cm³/mol. The molecule has 0 aliphatic carbocycles. The zero-order valence-electron chi connectivity index (χ0n) is 22.1. The van der Waals surface area contributed by atoms with Gasteiger partial charge >= 0.3 is 6.18 Å². The number of benzene rings is 2. The van der Waals surface area contributed by atoms with Gasteiger partial charge in [0.1, 0.15) is 17.4 Å². The average Bonchev–Trinajstić information content (AvgIpc) is 2.94. The maximum Gasteiger partial charge on any atom is 0.416 e. The molecule has 0 bridgehead atoms. The van der Waals surface area contributed by atoms with Crippen molar-refractivity contribution in [1.82, 2.24) is 9.88 Å². The van der Waals surface area contributed by atoms with Crippen molar-refractivity contribution in [3.63, 3.8) is 0 Å². The first-order valence-corrected chi connectivity index (χ1v) is 13.3. The summed E-state index contributed by atoms with van der Waals surface area (Å²) in [6.07, 6.45) is -0.941. The van der Waals surface area contributed by atoms with Gasteiger partial charge in [-0.3, -0.25) is 14.6 Å². The molecule has 212 valence electrons. The van der Waals surface area contributed by atoms with Gasteiger partial charge in [-0.25, -0.2) is 0 Å². The van der Waals surface area contributed by atoms with E-state index in [0.717, 1.165) is 35.4 Å². The minimum Gasteiger partial charge on any atom is -0.497 e. The summed E-state index contributed by atoms with van der Waals surface area (Å²) in [6.45, 7) is 2.51. The van der Waals surface area contributed by atoms with E-state index in [1.807, 2.05) is 18.3 Å². The van der Waals surface area contributed by atoms with E-state index in [1.54, 1.807) is 12.1 Å². The van der Waals surface area contributed by atoms with Crippen molar-refractivity contribution in [2.24, 2.45) is 0 Å². The molecule has 0 saturated carbocycles. The molecule has 1 N–H and O–H groups in total. The Bertz CT molecular complexity index is 1380. The van der Waals surface area contributed by atoms with E-state index >= 15 is 0 Å². The molecule has 3 aromatic rings. The number of aryl methyl sites for hydroxylation is 1. The molecule has 2 amide bonds. The highest BCUT2D eigenvalue weighted by Crippen LogP contribution is 2.35. The number of nitrogens with one attached hydrogen (secondary N) is 1. The number of amides is 2. The summed E-state index contributed by atoms with van der Waals surface area (Å²) in [5, 5.41) is 2.36. The van der Waals surface area contributed by atoms with Crippen LogP contribution in [0.4, 0.5) is 18.9 Å². The number of fused-ring (bicyclic) bond motifs is 1. The zero-order valence-corrected chi connectivity index (χ0v) is 22.9. The maximum absolute atomic E-state index is 13.6. The lowest BCUT2D eigenvalue weighted by Crippen LogP contribution is -2.37. The first-order chi connectivity index (χ1) is 19.1. The van der Waals surface area contributed by atoms with Gasteiger partial charge < -0.3 is 19.7 Å². The second-order valence-electron chi connectivity index (χ2n) is 9.34. The third-order valence-corrected chi connectivity index (χ3v) is 6.80. The molecule has 0 unspecified atom stereocenters. The number of anilines is 1. The van der Waals surface area contributed by atoms with Gasteiger partial charge in [0.15, 0.2) is 0 Å². The number of halogens is 4. The molecule has 11 heteroatoms. The first kappa shape index (κ1) is 29.2. The van der Waals surface area contributed by atoms with Crippen molar-refractivity contribution in [2.75, 3.05) is 31.5 Å². The second kappa shape index (κ2) is 12.6. The van der Waals surface area contributed by atoms with Gasteiger partial charge in [0.05, 0.1) is 24.8 Å². The highest BCUT2D eigenvalue weighted by molar-refractivity contribution is 6.29. The molecule has 0 atom stereocenters. The largest absolute Gasteiger partial charge is 0.497 e. The Hall–Kier alpha value is -3.79. The maximum atomic E-state index is 13.6. The Morgan fingerprint density at radius 3 is 2.60 bits per heavy atom. The van der Waals surface area contributed by atoms with Crippen LogP contribution < -0.4 is 14.8 Å². The summed E-state index contributed by atoms with van der Waals surface area (Å²) in [5.74, 6) is -0.527. The van der Waals surface area contributed by atoms with Crippen LogP contribution in [0.5, 0.6) is 11.5 Å². The minimum atomic E-state index is -4.64. The minimum absolute atomic E-state index is 0.0466. The van der Waals surface area contributed by atoms with E-state index < -0.39 is 23.5 Å². The Morgan fingerprint density at radius 1 is 1.15 bits per heavy atom. The number of pyridine rings is 1. The van der Waals surface area contributed by atoms with Crippen LogP contribution in [-0.4, -0.2) is 47.8 Å². The SMILES string of the molecule is CCc1ccc(CCOc2cc(OC)cc3c2C(=O)N(Cc2cc(NC(=O)CCl)cc(C(F)(F)F)c2)CC3)nc1. The van der Waals surface area contributed by atoms with Crippen molar-refractivity contribution < 1.29 is 32.2 Å². The van der Waals surface area contributed by atoms with Gasteiger partial charge in [0.2, 0.25) is 5.91 Å². The standard InChI is InChI=1S/C29H29ClF3N3O4/c1-3-18-4-5-22(34-16-18)7-9-40-25-14-24(39-2)12-20-6-8-36(28(38)27(20)25)17-19-10-21(29(31,32)33)13-23(11-19)35-26(37)15-30/h4-5,10-14,16H,3,6-9,15,17H2,1-2H3,(H,35,37). The number of aromatic nitrogens is 1. The van der Waals surface area contributed by atoms with E-state index in [9.17, 15) is 22.8 Å². The fourth-order valence-corrected chi connectivity index (χ4v) is 4.56. The Labute approximate surface area is 235 Å². The lowest BCUT2D eigenvalue weighted by Gasteiger charge is -2.30. The van der Waals surface area contributed by atoms with Crippen LogP contribution >= 0.6 is 11.6 Å². The zero-order chi connectivity index (χ0) is 28.9. The lowest BCUT2D eigenvalue weighted by atomic mass is 9.96. The van der Waals surface area contributed by atoms with Gasteiger partial charge in [-0.05, 0) is 59.9 Å². The molecule has 7 nitrogen and oxygen atoms in total. The number of hydrogen-bond donors (Lipinski definition) is 1. The average molecular weight is 576 g/mol. The molecule has 1 aliphatic heterocycles. The Balaban J connectivity index is 1.56. The van der Waals surface area contributed by atoms with Gasteiger partial charge in [-0.1, -0.05) is 13.0 Å². The van der Waals surface area contributed by atoms with Crippen LogP contribution in [0.2, 0.25) is 0 Å². The molecule has 4 rings (SSSR count). The van der Waals surface area contributed by atoms with Crippen LogP contribution in [0.1, 0.15) is 45.2 Å². The Kier molecular flexibility index (Phi) is 9.19. The molecule has 1 aromatic heterocycles. The third kappa shape index (κ3) is 7.04. The topological polar surface area (TPSA) is 80.8 Å². The number of carbonyl (C=O) groups excluding carboxylic acids is 2. The summed E-state index contributed by atoms with van der Waals surface area (Å²) in [6, 6.07) is 10.6. The third-order valence-electron chi connectivity index (χ3n) is 6.55. The van der Waals surface area contributed by atoms with Crippen molar-refractivity contribution in [2.45, 2.75) is 38.9 Å². The van der Waals surface area contributed by atoms with E-state index in [4.69, 9.17) is 21.1 Å². The summed E-state index contributed by atoms with van der Waals surface area (Å²) in [4.78, 5) is 31.2. The van der Waals surface area contributed by atoms with Gasteiger partial charge in [0, 0.05) is 43.2 Å². The van der Waals surface area contributed by atoms with Crippen molar-refractivity contribution >= 4 is 29.1 Å². The molecule has 2 heterocycles. The first-order valence-electron chi connectivity index (χ1n) is 12.7. The van der Waals surface area contributed by atoms with Gasteiger partial charge in [-0.15, -0.1) is 11.6 Å². The number of hydrogen-bond acceptors (Lipinski definition) is 5. The van der Waals surface area contributed by atoms with Crippen LogP contribution in [0.3, 0.4) is 0 Å². The normalized spacial score (nSPS) is 13.2. The quantitative estimate of drug-likeness (QED) is 0.315. The molecule has 40 heavy (non-hydrogen) atoms. The molecule has 0 fully saturated rings. The molecular formula is C29H29ClF3N3O4. The fraction of sp³-hybridized carbons (Fsp3) is 0.345. The van der Waals surface area contributed by atoms with Crippen molar-refractivity contribution in [3.05, 3.63) is 82.2 Å². The molecule has 0 spiro atoms. The molecule has 0 saturated heterocycles. The van der Waals surface area contributed by atoms with Crippen molar-refractivity contribution in [3.8, 4) is 11.5 Å². The predicted octanol–water partition coefficient (Wildman–Crippen LogP) is 5.67. The van der Waals surface area contributed by atoms with E-state index in [-0.39, 0.29) is 36.9 Å². The Morgan fingerprint density at radius 2 is 1.95 bits per heavy atom. The molecular weight excluding hydrogens is 547 g/mol. The van der Waals surface area contributed by atoms with Gasteiger partial charge in [0.25, 0.3) is 5.91 Å². The smallest absolute Gasteiger partial charge is 0.416 e. The highest BCUT2D eigenvalue weighted by Gasteiger charge is 2.33. The number of rotatable bonds is 10. The summed E-state index contributed by atoms with van der Waals surface area (Å²) < 4.78 is 52.2. The number of ether oxygens (including phenoxy) is 2. The van der Waals surface area contributed by atoms with Gasteiger partial charge in [-0.2, -0.15) is 13.2 Å². The summed E-state index contributed by atoms with van der Waals surface area (Å²) in [7, 11) is 1.52. The van der Waals surface area contributed by atoms with Crippen molar-refractivity contribution in [1.29, 1.82) is 0 Å². The van der Waals surface area contributed by atoms with Crippen LogP contribution in [-0.2, 0) is 36.8 Å². The van der Waals surface area contributed by atoms with E-state index in [1.165, 1.54) is 18.1 Å². The second-order valence-corrected chi connectivity index (χ2v) is 9.61. The molecule has 2 aromatic carbocycles. The molecule has 0 radical (unpaired) electrons. The van der Waals surface area contributed by atoms with Crippen LogP contribution in [0.15, 0.2) is 48.7 Å². The number of methoxy groups -OCH3 is 1. The monoisotopic (exact) mass is 575 g/mol. The highest BCUT2D eigenvalue weighted by atomic mass is 35.5. The number of nitrogens with zero attached hydrogens (tertiary/aromatic N) is 2. The number of carbonyl (C=O) groups is 2. The lowest BCUT2D eigenvalue weighted by molar-refractivity contribution is -0.137. The summed E-state index contributed by atoms with van der Waals surface area (Å²) in [5.41, 5.74) is 2.30. The molecule has 1 aliphatic rings. The van der Waals surface area contributed by atoms with Crippen LogP contribution in [0.25, 0.3) is 0 Å². The summed E-state index contributed by atoms with van der Waals surface area (Å²) >= 11 is 5.50. The fourth-order valence-electron chi connectivity index (χ4n) is 4.49. The number of alkyl halides is 4.